The number of aliphatic carboxylic acids is 1. The number of likely N-dealkylation sites (tertiary alicyclic amines) is 1. The molecule has 2 amide bonds. The van der Waals surface area contributed by atoms with Crippen molar-refractivity contribution >= 4 is 29.3 Å². The summed E-state index contributed by atoms with van der Waals surface area (Å²) in [5.41, 5.74) is 0.562. The molecule has 1 aromatic carbocycles. The van der Waals surface area contributed by atoms with Crippen molar-refractivity contribution in [3.8, 4) is 0 Å². The third-order valence-corrected chi connectivity index (χ3v) is 3.36. The Hall–Kier alpha value is -1.75. The van der Waals surface area contributed by atoms with E-state index in [1.807, 2.05) is 0 Å². The lowest BCUT2D eigenvalue weighted by Gasteiger charge is -2.32. The molecule has 1 aliphatic heterocycles. The molecule has 1 aliphatic rings. The standard InChI is InChI=1S/C13H15ClN2O3/c14-9-4-3-5-10(8-9)15-13(19)16-7-2-1-6-11(16)12(17)18/h3-5,8,11H,1-2,6-7H2,(H,15,19)(H,17,18)/t11-/m1/s1. The van der Waals surface area contributed by atoms with Crippen LogP contribution in [0.1, 0.15) is 19.3 Å². The van der Waals surface area contributed by atoms with Crippen LogP contribution in [0.4, 0.5) is 10.5 Å². The molecule has 1 aromatic rings. The van der Waals surface area contributed by atoms with E-state index in [-0.39, 0.29) is 0 Å². The van der Waals surface area contributed by atoms with Crippen LogP contribution in [-0.2, 0) is 4.79 Å². The van der Waals surface area contributed by atoms with Gasteiger partial charge in [-0.1, -0.05) is 17.7 Å². The van der Waals surface area contributed by atoms with Gasteiger partial charge < -0.3 is 15.3 Å². The average molecular weight is 283 g/mol. The quantitative estimate of drug-likeness (QED) is 0.876. The second kappa shape index (κ2) is 5.93. The zero-order chi connectivity index (χ0) is 13.8. The molecule has 1 atom stereocenters. The van der Waals surface area contributed by atoms with E-state index in [4.69, 9.17) is 16.7 Å². The van der Waals surface area contributed by atoms with Gasteiger partial charge in [0, 0.05) is 17.3 Å². The van der Waals surface area contributed by atoms with Crippen LogP contribution in [0.5, 0.6) is 0 Å². The molecular weight excluding hydrogens is 268 g/mol. The van der Waals surface area contributed by atoms with Gasteiger partial charge in [-0.15, -0.1) is 0 Å². The molecule has 19 heavy (non-hydrogen) atoms. The minimum Gasteiger partial charge on any atom is -0.480 e. The molecule has 2 rings (SSSR count). The number of carbonyl (C=O) groups is 2. The highest BCUT2D eigenvalue weighted by molar-refractivity contribution is 6.30. The van der Waals surface area contributed by atoms with Gasteiger partial charge in [-0.25, -0.2) is 9.59 Å². The van der Waals surface area contributed by atoms with Crippen molar-refractivity contribution in [2.45, 2.75) is 25.3 Å². The molecule has 5 nitrogen and oxygen atoms in total. The van der Waals surface area contributed by atoms with E-state index in [0.29, 0.717) is 23.7 Å². The number of nitrogens with zero attached hydrogens (tertiary/aromatic N) is 1. The van der Waals surface area contributed by atoms with Gasteiger partial charge in [0.05, 0.1) is 0 Å². The van der Waals surface area contributed by atoms with Gasteiger partial charge in [0.1, 0.15) is 6.04 Å². The lowest BCUT2D eigenvalue weighted by Crippen LogP contribution is -2.49. The van der Waals surface area contributed by atoms with E-state index in [2.05, 4.69) is 5.32 Å². The van der Waals surface area contributed by atoms with E-state index in [1.165, 1.54) is 4.90 Å². The summed E-state index contributed by atoms with van der Waals surface area (Å²) in [6.45, 7) is 0.462. The molecule has 0 spiro atoms. The van der Waals surface area contributed by atoms with Crippen molar-refractivity contribution in [3.63, 3.8) is 0 Å². The second-order valence-corrected chi connectivity index (χ2v) is 4.92. The highest BCUT2D eigenvalue weighted by atomic mass is 35.5. The number of halogens is 1. The Labute approximate surface area is 116 Å². The molecule has 0 aliphatic carbocycles. The van der Waals surface area contributed by atoms with Crippen LogP contribution in [0.3, 0.4) is 0 Å². The summed E-state index contributed by atoms with van der Waals surface area (Å²) in [5, 5.41) is 12.3. The van der Waals surface area contributed by atoms with E-state index >= 15 is 0 Å². The van der Waals surface area contributed by atoms with Crippen molar-refractivity contribution < 1.29 is 14.7 Å². The fourth-order valence-corrected chi connectivity index (χ4v) is 2.38. The number of hydrogen-bond donors (Lipinski definition) is 2. The SMILES string of the molecule is O=C(O)[C@H]1CCCCN1C(=O)Nc1cccc(Cl)c1. The zero-order valence-electron chi connectivity index (χ0n) is 10.3. The number of carboxylic acids is 1. The molecule has 0 unspecified atom stereocenters. The highest BCUT2D eigenvalue weighted by Crippen LogP contribution is 2.20. The van der Waals surface area contributed by atoms with Crippen LogP contribution in [0.25, 0.3) is 0 Å². The molecule has 0 bridgehead atoms. The van der Waals surface area contributed by atoms with Gasteiger partial charge in [-0.05, 0) is 37.5 Å². The van der Waals surface area contributed by atoms with Crippen molar-refractivity contribution in [2.75, 3.05) is 11.9 Å². The Kier molecular flexibility index (Phi) is 4.27. The first kappa shape index (κ1) is 13.7. The van der Waals surface area contributed by atoms with E-state index in [9.17, 15) is 9.59 Å². The number of carbonyl (C=O) groups excluding carboxylic acids is 1. The molecule has 2 N–H and O–H groups in total. The summed E-state index contributed by atoms with van der Waals surface area (Å²) >= 11 is 5.83. The van der Waals surface area contributed by atoms with Crippen LogP contribution < -0.4 is 5.32 Å². The second-order valence-electron chi connectivity index (χ2n) is 4.48. The molecule has 0 saturated carbocycles. The summed E-state index contributed by atoms with van der Waals surface area (Å²) in [5.74, 6) is -0.957. The first-order valence-corrected chi connectivity index (χ1v) is 6.52. The van der Waals surface area contributed by atoms with Crippen LogP contribution in [0.15, 0.2) is 24.3 Å². The number of urea groups is 1. The maximum absolute atomic E-state index is 12.1. The topological polar surface area (TPSA) is 69.6 Å². The molecular formula is C13H15ClN2O3. The summed E-state index contributed by atoms with van der Waals surface area (Å²) in [6, 6.07) is 5.63. The zero-order valence-corrected chi connectivity index (χ0v) is 11.1. The Bertz CT molecular complexity index is 493. The predicted octanol–water partition coefficient (Wildman–Crippen LogP) is 2.81. The number of hydrogen-bond acceptors (Lipinski definition) is 2. The molecule has 0 radical (unpaired) electrons. The molecule has 0 aromatic heterocycles. The Morgan fingerprint density at radius 2 is 2.16 bits per heavy atom. The van der Waals surface area contributed by atoms with Crippen molar-refractivity contribution in [2.24, 2.45) is 0 Å². The molecule has 102 valence electrons. The van der Waals surface area contributed by atoms with Gasteiger partial charge in [0.25, 0.3) is 0 Å². The molecule has 6 heteroatoms. The van der Waals surface area contributed by atoms with Gasteiger partial charge in [-0.2, -0.15) is 0 Å². The maximum atomic E-state index is 12.1. The third kappa shape index (κ3) is 3.38. The molecule has 1 fully saturated rings. The van der Waals surface area contributed by atoms with Gasteiger partial charge in [0.2, 0.25) is 0 Å². The van der Waals surface area contributed by atoms with Crippen LogP contribution in [0, 0.1) is 0 Å². The number of rotatable bonds is 2. The number of carboxylic acid groups (broad SMARTS) is 1. The minimum atomic E-state index is -0.957. The lowest BCUT2D eigenvalue weighted by atomic mass is 10.0. The Morgan fingerprint density at radius 3 is 2.84 bits per heavy atom. The minimum absolute atomic E-state index is 0.394. The van der Waals surface area contributed by atoms with Crippen molar-refractivity contribution in [1.29, 1.82) is 0 Å². The van der Waals surface area contributed by atoms with Crippen LogP contribution in [0.2, 0.25) is 5.02 Å². The summed E-state index contributed by atoms with van der Waals surface area (Å²) in [6.07, 6.45) is 2.16. The first-order chi connectivity index (χ1) is 9.08. The Morgan fingerprint density at radius 1 is 1.37 bits per heavy atom. The summed E-state index contributed by atoms with van der Waals surface area (Å²) in [4.78, 5) is 24.6. The summed E-state index contributed by atoms with van der Waals surface area (Å²) < 4.78 is 0. The maximum Gasteiger partial charge on any atom is 0.326 e. The fourth-order valence-electron chi connectivity index (χ4n) is 2.19. The third-order valence-electron chi connectivity index (χ3n) is 3.12. The smallest absolute Gasteiger partial charge is 0.326 e. The van der Waals surface area contributed by atoms with E-state index in [0.717, 1.165) is 12.8 Å². The van der Waals surface area contributed by atoms with E-state index in [1.54, 1.807) is 24.3 Å². The number of benzene rings is 1. The number of amides is 2. The highest BCUT2D eigenvalue weighted by Gasteiger charge is 2.31. The first-order valence-electron chi connectivity index (χ1n) is 6.14. The normalized spacial score (nSPS) is 19.0. The molecule has 1 saturated heterocycles. The van der Waals surface area contributed by atoms with E-state index < -0.39 is 18.0 Å². The predicted molar refractivity (Wildman–Crippen MR) is 72.5 cm³/mol. The van der Waals surface area contributed by atoms with Gasteiger partial charge in [0.15, 0.2) is 0 Å². The van der Waals surface area contributed by atoms with Crippen molar-refractivity contribution in [3.05, 3.63) is 29.3 Å². The van der Waals surface area contributed by atoms with Gasteiger partial charge in [-0.3, -0.25) is 0 Å². The number of anilines is 1. The largest absolute Gasteiger partial charge is 0.480 e. The van der Waals surface area contributed by atoms with Gasteiger partial charge >= 0.3 is 12.0 Å². The Balaban J connectivity index is 2.07. The van der Waals surface area contributed by atoms with Crippen LogP contribution in [-0.4, -0.2) is 34.6 Å². The van der Waals surface area contributed by atoms with Crippen LogP contribution >= 0.6 is 11.6 Å². The lowest BCUT2D eigenvalue weighted by molar-refractivity contribution is -0.143. The number of nitrogens with one attached hydrogen (secondary N) is 1. The fraction of sp³-hybridized carbons (Fsp3) is 0.385. The summed E-state index contributed by atoms with van der Waals surface area (Å²) in [7, 11) is 0. The monoisotopic (exact) mass is 282 g/mol. The average Bonchev–Trinajstić information content (AvgIpc) is 2.38. The number of piperidine rings is 1. The van der Waals surface area contributed by atoms with Crippen molar-refractivity contribution in [1.82, 2.24) is 4.90 Å². The molecule has 1 heterocycles.